The molecule has 3 nitrogen and oxygen atoms in total. The van der Waals surface area contributed by atoms with Crippen LogP contribution < -0.4 is 5.32 Å². The molecule has 0 saturated heterocycles. The summed E-state index contributed by atoms with van der Waals surface area (Å²) >= 11 is 13.6. The molecule has 0 fully saturated rings. The summed E-state index contributed by atoms with van der Waals surface area (Å²) in [5.74, 6) is 0.828. The van der Waals surface area contributed by atoms with Gasteiger partial charge >= 0.3 is 0 Å². The van der Waals surface area contributed by atoms with E-state index in [0.717, 1.165) is 17.3 Å². The van der Waals surface area contributed by atoms with Gasteiger partial charge in [-0.15, -0.1) is 11.8 Å². The van der Waals surface area contributed by atoms with Crippen LogP contribution in [0.3, 0.4) is 0 Å². The third kappa shape index (κ3) is 6.43. The number of amides is 1. The number of nitrogens with one attached hydrogen (secondary N) is 1. The molecular formula is C17H18Cl2N2OS. The molecule has 1 amide bonds. The van der Waals surface area contributed by atoms with E-state index in [2.05, 4.69) is 5.32 Å². The van der Waals surface area contributed by atoms with Gasteiger partial charge in [-0.1, -0.05) is 35.3 Å². The molecule has 2 rings (SSSR count). The van der Waals surface area contributed by atoms with Crippen molar-refractivity contribution in [3.63, 3.8) is 0 Å². The number of rotatable bonds is 7. The van der Waals surface area contributed by atoms with Crippen molar-refractivity contribution >= 4 is 46.6 Å². The molecule has 23 heavy (non-hydrogen) atoms. The van der Waals surface area contributed by atoms with Crippen LogP contribution >= 0.6 is 35.0 Å². The van der Waals surface area contributed by atoms with Crippen molar-refractivity contribution in [1.29, 1.82) is 0 Å². The minimum atomic E-state index is -0.0721. The Morgan fingerprint density at radius 3 is 2.52 bits per heavy atom. The van der Waals surface area contributed by atoms with Crippen LogP contribution in [0, 0.1) is 0 Å². The summed E-state index contributed by atoms with van der Waals surface area (Å²) in [6.45, 7) is 1.13. The van der Waals surface area contributed by atoms with Crippen molar-refractivity contribution in [2.75, 3.05) is 31.2 Å². The Hall–Kier alpha value is -1.20. The van der Waals surface area contributed by atoms with E-state index in [4.69, 9.17) is 23.2 Å². The number of hydrogen-bond acceptors (Lipinski definition) is 3. The molecule has 0 aliphatic carbocycles. The lowest BCUT2D eigenvalue weighted by Crippen LogP contribution is -2.31. The Balaban J connectivity index is 1.71. The summed E-state index contributed by atoms with van der Waals surface area (Å²) in [6, 6.07) is 15.0. The summed E-state index contributed by atoms with van der Waals surface area (Å²) < 4.78 is 0. The standard InChI is InChI=1S/C17H18Cl2N2OS/c1-21(10-11-23-14-8-6-13(18)7-9-14)12-17(22)20-16-5-3-2-4-15(16)19/h2-9H,10-12H2,1H3,(H,20,22). The van der Waals surface area contributed by atoms with Crippen molar-refractivity contribution in [3.8, 4) is 0 Å². The Bertz CT molecular complexity index is 649. The monoisotopic (exact) mass is 368 g/mol. The van der Waals surface area contributed by atoms with Crippen LogP contribution in [0.2, 0.25) is 10.0 Å². The highest BCUT2D eigenvalue weighted by Crippen LogP contribution is 2.21. The topological polar surface area (TPSA) is 32.3 Å². The van der Waals surface area contributed by atoms with E-state index in [0.29, 0.717) is 17.3 Å². The van der Waals surface area contributed by atoms with Gasteiger partial charge in [0.15, 0.2) is 0 Å². The number of hydrogen-bond donors (Lipinski definition) is 1. The minimum absolute atomic E-state index is 0.0721. The zero-order chi connectivity index (χ0) is 16.7. The van der Waals surface area contributed by atoms with Crippen molar-refractivity contribution in [2.24, 2.45) is 0 Å². The molecule has 2 aromatic carbocycles. The van der Waals surface area contributed by atoms with Gasteiger partial charge in [0.2, 0.25) is 5.91 Å². The second-order valence-electron chi connectivity index (χ2n) is 5.07. The molecule has 2 aromatic rings. The lowest BCUT2D eigenvalue weighted by atomic mass is 10.3. The third-order valence-corrected chi connectivity index (χ3v) is 4.69. The smallest absolute Gasteiger partial charge is 0.238 e. The first-order valence-electron chi connectivity index (χ1n) is 7.16. The minimum Gasteiger partial charge on any atom is -0.324 e. The van der Waals surface area contributed by atoms with Gasteiger partial charge in [-0.05, 0) is 43.4 Å². The van der Waals surface area contributed by atoms with E-state index in [9.17, 15) is 4.79 Å². The van der Waals surface area contributed by atoms with Crippen molar-refractivity contribution < 1.29 is 4.79 Å². The Kier molecular flexibility index (Phi) is 7.24. The van der Waals surface area contributed by atoms with E-state index < -0.39 is 0 Å². The largest absolute Gasteiger partial charge is 0.324 e. The highest BCUT2D eigenvalue weighted by atomic mass is 35.5. The number of thioether (sulfide) groups is 1. The quantitative estimate of drug-likeness (QED) is 0.721. The number of halogens is 2. The molecule has 0 aromatic heterocycles. The average Bonchev–Trinajstić information content (AvgIpc) is 2.51. The predicted octanol–water partition coefficient (Wildman–Crippen LogP) is 4.66. The summed E-state index contributed by atoms with van der Waals surface area (Å²) in [6.07, 6.45) is 0. The third-order valence-electron chi connectivity index (χ3n) is 3.12. The molecular weight excluding hydrogens is 351 g/mol. The number of carbonyl (C=O) groups is 1. The SMILES string of the molecule is CN(CCSc1ccc(Cl)cc1)CC(=O)Nc1ccccc1Cl. The van der Waals surface area contributed by atoms with Crippen LogP contribution in [0.4, 0.5) is 5.69 Å². The molecule has 0 bridgehead atoms. The summed E-state index contributed by atoms with van der Waals surface area (Å²) in [4.78, 5) is 15.2. The van der Waals surface area contributed by atoms with Crippen LogP contribution in [0.25, 0.3) is 0 Å². The van der Waals surface area contributed by atoms with Crippen LogP contribution in [0.15, 0.2) is 53.4 Å². The number of para-hydroxylation sites is 1. The Morgan fingerprint density at radius 2 is 1.83 bits per heavy atom. The Morgan fingerprint density at radius 1 is 1.13 bits per heavy atom. The van der Waals surface area contributed by atoms with Gasteiger partial charge in [0.1, 0.15) is 0 Å². The maximum atomic E-state index is 12.0. The zero-order valence-corrected chi connectivity index (χ0v) is 15.1. The lowest BCUT2D eigenvalue weighted by molar-refractivity contribution is -0.117. The highest BCUT2D eigenvalue weighted by molar-refractivity contribution is 7.99. The number of anilines is 1. The Labute approximate surface area is 151 Å². The van der Waals surface area contributed by atoms with Gasteiger partial charge in [0, 0.05) is 22.2 Å². The number of likely N-dealkylation sites (N-methyl/N-ethyl adjacent to an activating group) is 1. The number of carbonyl (C=O) groups excluding carboxylic acids is 1. The molecule has 0 spiro atoms. The molecule has 0 radical (unpaired) electrons. The van der Waals surface area contributed by atoms with E-state index in [1.807, 2.05) is 48.3 Å². The van der Waals surface area contributed by atoms with E-state index in [1.165, 1.54) is 4.90 Å². The van der Waals surface area contributed by atoms with Gasteiger partial charge in [-0.2, -0.15) is 0 Å². The molecule has 0 saturated carbocycles. The van der Waals surface area contributed by atoms with Gasteiger partial charge < -0.3 is 5.32 Å². The molecule has 0 unspecified atom stereocenters. The van der Waals surface area contributed by atoms with E-state index in [-0.39, 0.29) is 5.91 Å². The molecule has 122 valence electrons. The van der Waals surface area contributed by atoms with Gasteiger partial charge in [0.25, 0.3) is 0 Å². The first-order valence-corrected chi connectivity index (χ1v) is 8.90. The molecule has 0 aliphatic rings. The highest BCUT2D eigenvalue weighted by Gasteiger charge is 2.08. The van der Waals surface area contributed by atoms with Gasteiger partial charge in [-0.3, -0.25) is 9.69 Å². The van der Waals surface area contributed by atoms with E-state index in [1.54, 1.807) is 23.9 Å². The number of nitrogens with zero attached hydrogens (tertiary/aromatic N) is 1. The molecule has 0 aliphatic heterocycles. The zero-order valence-electron chi connectivity index (χ0n) is 12.8. The maximum Gasteiger partial charge on any atom is 0.238 e. The fraction of sp³-hybridized carbons (Fsp3) is 0.235. The first kappa shape index (κ1) is 18.1. The number of benzene rings is 2. The summed E-state index contributed by atoms with van der Waals surface area (Å²) in [5, 5.41) is 4.10. The van der Waals surface area contributed by atoms with Crippen LogP contribution in [-0.2, 0) is 4.79 Å². The molecule has 6 heteroatoms. The second-order valence-corrected chi connectivity index (χ2v) is 7.08. The summed E-state index contributed by atoms with van der Waals surface area (Å²) in [5.41, 5.74) is 0.642. The maximum absolute atomic E-state index is 12.0. The van der Waals surface area contributed by atoms with Crippen LogP contribution in [-0.4, -0.2) is 36.7 Å². The molecule has 1 N–H and O–H groups in total. The van der Waals surface area contributed by atoms with E-state index >= 15 is 0 Å². The van der Waals surface area contributed by atoms with Crippen molar-refractivity contribution in [1.82, 2.24) is 4.90 Å². The fourth-order valence-electron chi connectivity index (χ4n) is 1.93. The summed E-state index contributed by atoms with van der Waals surface area (Å²) in [7, 11) is 1.93. The first-order chi connectivity index (χ1) is 11.0. The van der Waals surface area contributed by atoms with Gasteiger partial charge in [-0.25, -0.2) is 0 Å². The van der Waals surface area contributed by atoms with Crippen molar-refractivity contribution in [3.05, 3.63) is 58.6 Å². The van der Waals surface area contributed by atoms with Crippen molar-refractivity contribution in [2.45, 2.75) is 4.90 Å². The van der Waals surface area contributed by atoms with Crippen LogP contribution in [0.1, 0.15) is 0 Å². The second kappa shape index (κ2) is 9.18. The lowest BCUT2D eigenvalue weighted by Gasteiger charge is -2.16. The predicted molar refractivity (Wildman–Crippen MR) is 99.8 cm³/mol. The van der Waals surface area contributed by atoms with Gasteiger partial charge in [0.05, 0.1) is 17.3 Å². The van der Waals surface area contributed by atoms with Crippen LogP contribution in [0.5, 0.6) is 0 Å². The molecule has 0 heterocycles. The average molecular weight is 369 g/mol. The molecule has 0 atom stereocenters. The normalized spacial score (nSPS) is 10.8. The fourth-order valence-corrected chi connectivity index (χ4v) is 3.20.